The van der Waals surface area contributed by atoms with Gasteiger partial charge in [-0.05, 0) is 26.2 Å². The smallest absolute Gasteiger partial charge is 0.257 e. The highest BCUT2D eigenvalue weighted by Crippen LogP contribution is 2.29. The Morgan fingerprint density at radius 3 is 2.89 bits per heavy atom. The number of nitrogens with zero attached hydrogens (tertiary/aromatic N) is 2. The Balaban J connectivity index is 1.61. The van der Waals surface area contributed by atoms with Gasteiger partial charge in [-0.25, -0.2) is 0 Å². The van der Waals surface area contributed by atoms with Crippen LogP contribution in [0.5, 0.6) is 0 Å². The highest BCUT2D eigenvalue weighted by molar-refractivity contribution is 5.99. The molecule has 98 valence electrons. The molecule has 0 radical (unpaired) electrons. The van der Waals surface area contributed by atoms with Gasteiger partial charge >= 0.3 is 0 Å². The molecule has 0 spiro atoms. The molecule has 2 heterocycles. The van der Waals surface area contributed by atoms with Gasteiger partial charge in [-0.3, -0.25) is 14.8 Å². The normalized spacial score (nSPS) is 24.4. The SMILES string of the molecule is Cc1[nH]nc(N)c1C(=O)NC1CCN(C2CC2)C1. The maximum absolute atomic E-state index is 12.1. The minimum Gasteiger partial charge on any atom is -0.382 e. The lowest BCUT2D eigenvalue weighted by Crippen LogP contribution is -2.37. The van der Waals surface area contributed by atoms with Crippen molar-refractivity contribution in [1.29, 1.82) is 0 Å². The van der Waals surface area contributed by atoms with Gasteiger partial charge in [0.15, 0.2) is 5.82 Å². The number of nitrogen functional groups attached to an aromatic ring is 1. The van der Waals surface area contributed by atoms with E-state index >= 15 is 0 Å². The number of hydrogen-bond acceptors (Lipinski definition) is 4. The van der Waals surface area contributed by atoms with Crippen molar-refractivity contribution >= 4 is 11.7 Å². The summed E-state index contributed by atoms with van der Waals surface area (Å²) < 4.78 is 0. The van der Waals surface area contributed by atoms with Crippen LogP contribution in [-0.2, 0) is 0 Å². The lowest BCUT2D eigenvalue weighted by atomic mass is 10.2. The molecule has 4 N–H and O–H groups in total. The van der Waals surface area contributed by atoms with Crippen LogP contribution in [0.15, 0.2) is 0 Å². The third kappa shape index (κ3) is 2.08. The molecule has 1 saturated carbocycles. The molecule has 1 amide bonds. The Labute approximate surface area is 106 Å². The zero-order chi connectivity index (χ0) is 12.7. The first-order chi connectivity index (χ1) is 8.65. The summed E-state index contributed by atoms with van der Waals surface area (Å²) in [6, 6.07) is 1.01. The second-order valence-electron chi connectivity index (χ2n) is 5.29. The number of aromatic amines is 1. The zero-order valence-electron chi connectivity index (χ0n) is 10.6. The summed E-state index contributed by atoms with van der Waals surface area (Å²) in [7, 11) is 0. The summed E-state index contributed by atoms with van der Waals surface area (Å²) in [6.07, 6.45) is 3.65. The number of H-pyrrole nitrogens is 1. The number of anilines is 1. The first-order valence-corrected chi connectivity index (χ1v) is 6.50. The van der Waals surface area contributed by atoms with Gasteiger partial charge in [-0.1, -0.05) is 0 Å². The minimum absolute atomic E-state index is 0.110. The number of rotatable bonds is 3. The highest BCUT2D eigenvalue weighted by atomic mass is 16.1. The molecule has 1 aliphatic carbocycles. The molecule has 1 saturated heterocycles. The summed E-state index contributed by atoms with van der Waals surface area (Å²) in [5, 5.41) is 9.63. The number of carbonyl (C=O) groups is 1. The van der Waals surface area contributed by atoms with Crippen LogP contribution in [0.2, 0.25) is 0 Å². The van der Waals surface area contributed by atoms with Gasteiger partial charge in [0.1, 0.15) is 5.56 Å². The van der Waals surface area contributed by atoms with Crippen LogP contribution in [-0.4, -0.2) is 46.2 Å². The van der Waals surface area contributed by atoms with Crippen molar-refractivity contribution in [2.24, 2.45) is 0 Å². The number of hydrogen-bond donors (Lipinski definition) is 3. The van der Waals surface area contributed by atoms with Crippen molar-refractivity contribution < 1.29 is 4.79 Å². The second-order valence-corrected chi connectivity index (χ2v) is 5.29. The van der Waals surface area contributed by atoms with E-state index in [0.717, 1.165) is 31.2 Å². The molecule has 0 bridgehead atoms. The largest absolute Gasteiger partial charge is 0.382 e. The Morgan fingerprint density at radius 1 is 1.50 bits per heavy atom. The van der Waals surface area contributed by atoms with E-state index in [1.165, 1.54) is 12.8 Å². The predicted octanol–water partition coefficient (Wildman–Crippen LogP) is 0.267. The van der Waals surface area contributed by atoms with Crippen LogP contribution in [0.1, 0.15) is 35.3 Å². The monoisotopic (exact) mass is 249 g/mol. The van der Waals surface area contributed by atoms with E-state index in [0.29, 0.717) is 5.56 Å². The summed E-state index contributed by atoms with van der Waals surface area (Å²) in [4.78, 5) is 14.6. The van der Waals surface area contributed by atoms with Crippen molar-refractivity contribution in [2.75, 3.05) is 18.8 Å². The zero-order valence-corrected chi connectivity index (χ0v) is 10.6. The molecular weight excluding hydrogens is 230 g/mol. The molecule has 18 heavy (non-hydrogen) atoms. The number of nitrogens with one attached hydrogen (secondary N) is 2. The van der Waals surface area contributed by atoms with Gasteiger partial charge in [0.2, 0.25) is 0 Å². The average Bonchev–Trinajstić information content (AvgIpc) is 2.99. The maximum Gasteiger partial charge on any atom is 0.257 e. The third-order valence-corrected chi connectivity index (χ3v) is 3.82. The van der Waals surface area contributed by atoms with Gasteiger partial charge < -0.3 is 11.1 Å². The molecule has 0 aromatic carbocycles. The van der Waals surface area contributed by atoms with Gasteiger partial charge in [0.25, 0.3) is 5.91 Å². The molecule has 3 rings (SSSR count). The van der Waals surface area contributed by atoms with Crippen LogP contribution in [0.25, 0.3) is 0 Å². The molecule has 6 nitrogen and oxygen atoms in total. The van der Waals surface area contributed by atoms with Gasteiger partial charge in [0, 0.05) is 30.9 Å². The average molecular weight is 249 g/mol. The second kappa shape index (κ2) is 4.28. The van der Waals surface area contributed by atoms with E-state index in [1.54, 1.807) is 0 Å². The molecular formula is C12H19N5O. The van der Waals surface area contributed by atoms with E-state index in [-0.39, 0.29) is 17.8 Å². The predicted molar refractivity (Wildman–Crippen MR) is 68.2 cm³/mol. The number of nitrogens with two attached hydrogens (primary N) is 1. The summed E-state index contributed by atoms with van der Waals surface area (Å²) in [5.74, 6) is 0.170. The van der Waals surface area contributed by atoms with Crippen molar-refractivity contribution in [3.63, 3.8) is 0 Å². The Bertz CT molecular complexity index is 446. The molecule has 1 atom stereocenters. The number of amides is 1. The molecule has 6 heteroatoms. The Kier molecular flexibility index (Phi) is 2.74. The molecule has 2 fully saturated rings. The van der Waals surface area contributed by atoms with Crippen LogP contribution >= 0.6 is 0 Å². The van der Waals surface area contributed by atoms with E-state index in [4.69, 9.17) is 5.73 Å². The first-order valence-electron chi connectivity index (χ1n) is 6.50. The van der Waals surface area contributed by atoms with E-state index in [1.807, 2.05) is 6.92 Å². The maximum atomic E-state index is 12.1. The van der Waals surface area contributed by atoms with Crippen LogP contribution in [0, 0.1) is 6.92 Å². The van der Waals surface area contributed by atoms with Crippen molar-refractivity contribution in [3.8, 4) is 0 Å². The Morgan fingerprint density at radius 2 is 2.28 bits per heavy atom. The number of aryl methyl sites for hydroxylation is 1. The van der Waals surface area contributed by atoms with E-state index in [2.05, 4.69) is 20.4 Å². The third-order valence-electron chi connectivity index (χ3n) is 3.82. The Hall–Kier alpha value is -1.56. The minimum atomic E-state index is -0.110. The van der Waals surface area contributed by atoms with Crippen molar-refractivity contribution in [3.05, 3.63) is 11.3 Å². The summed E-state index contributed by atoms with van der Waals surface area (Å²) >= 11 is 0. The van der Waals surface area contributed by atoms with Gasteiger partial charge in [-0.2, -0.15) is 5.10 Å². The molecule has 1 unspecified atom stereocenters. The standard InChI is InChI=1S/C12H19N5O/c1-7-10(11(13)16-15-7)12(18)14-8-4-5-17(6-8)9-2-3-9/h8-9H,2-6H2,1H3,(H,14,18)(H3,13,15,16). The first kappa shape index (κ1) is 11.5. The van der Waals surface area contributed by atoms with Crippen molar-refractivity contribution in [2.45, 2.75) is 38.3 Å². The van der Waals surface area contributed by atoms with Crippen LogP contribution in [0.4, 0.5) is 5.82 Å². The number of carbonyl (C=O) groups excluding carboxylic acids is 1. The molecule has 1 aromatic rings. The number of likely N-dealkylation sites (tertiary alicyclic amines) is 1. The highest BCUT2D eigenvalue weighted by Gasteiger charge is 2.35. The lowest BCUT2D eigenvalue weighted by Gasteiger charge is -2.15. The fourth-order valence-corrected chi connectivity index (χ4v) is 2.67. The van der Waals surface area contributed by atoms with Crippen molar-refractivity contribution in [1.82, 2.24) is 20.4 Å². The molecule has 2 aliphatic rings. The topological polar surface area (TPSA) is 87.0 Å². The lowest BCUT2D eigenvalue weighted by molar-refractivity contribution is 0.0938. The van der Waals surface area contributed by atoms with Gasteiger partial charge in [-0.15, -0.1) is 0 Å². The number of aromatic nitrogens is 2. The fraction of sp³-hybridized carbons (Fsp3) is 0.667. The van der Waals surface area contributed by atoms with Crippen LogP contribution < -0.4 is 11.1 Å². The molecule has 1 aromatic heterocycles. The van der Waals surface area contributed by atoms with E-state index in [9.17, 15) is 4.79 Å². The van der Waals surface area contributed by atoms with Crippen LogP contribution in [0.3, 0.4) is 0 Å². The van der Waals surface area contributed by atoms with E-state index < -0.39 is 0 Å². The summed E-state index contributed by atoms with van der Waals surface area (Å²) in [6.45, 7) is 3.87. The fourth-order valence-electron chi connectivity index (χ4n) is 2.67. The summed E-state index contributed by atoms with van der Waals surface area (Å²) in [5.41, 5.74) is 6.90. The van der Waals surface area contributed by atoms with Gasteiger partial charge in [0.05, 0.1) is 0 Å². The quantitative estimate of drug-likeness (QED) is 0.717. The molecule has 1 aliphatic heterocycles.